The van der Waals surface area contributed by atoms with Crippen LogP contribution >= 0.6 is 15.9 Å². The topological polar surface area (TPSA) is 133 Å². The summed E-state index contributed by atoms with van der Waals surface area (Å²) >= 11 is 3.23. The molecular formula is C30H49BrO10. The van der Waals surface area contributed by atoms with Crippen molar-refractivity contribution in [1.29, 1.82) is 0 Å². The van der Waals surface area contributed by atoms with Gasteiger partial charge < -0.3 is 43.7 Å². The van der Waals surface area contributed by atoms with Crippen LogP contribution in [0.15, 0.2) is 23.2 Å². The highest BCUT2D eigenvalue weighted by molar-refractivity contribution is 9.11. The predicted octanol–water partition coefficient (Wildman–Crippen LogP) is 3.74. The van der Waals surface area contributed by atoms with Crippen LogP contribution in [-0.4, -0.2) is 95.9 Å². The number of hydrogen-bond acceptors (Lipinski definition) is 10. The molecule has 236 valence electrons. The molecule has 41 heavy (non-hydrogen) atoms. The van der Waals surface area contributed by atoms with Crippen LogP contribution in [0.3, 0.4) is 0 Å². The molecule has 3 heterocycles. The summed E-state index contributed by atoms with van der Waals surface area (Å²) in [7, 11) is 3.03. The average molecular weight is 650 g/mol. The van der Waals surface area contributed by atoms with Crippen molar-refractivity contribution in [1.82, 2.24) is 0 Å². The van der Waals surface area contributed by atoms with E-state index in [0.717, 1.165) is 0 Å². The van der Waals surface area contributed by atoms with Crippen molar-refractivity contribution in [3.8, 4) is 0 Å². The fourth-order valence-corrected chi connectivity index (χ4v) is 6.43. The van der Waals surface area contributed by atoms with Crippen molar-refractivity contribution in [3.05, 3.63) is 23.2 Å². The standard InChI is InChI=1S/C30H49BrO10/c1-18-11-12-22-19(2)23(39-28-25(34)27(37-6)26(36-5)20(3)38-28)16-30(35,40-22)17-24(33)41-29(4,15-21(18)32)13-9-7-8-10-14-31/h7-8,10,14,18-23,25-28,32,34-35H,9,11-13,15-17H2,1-6H3/b8-7+,14-10+/t18?,19-,20-,21?,22-,23?,25+,26?,27-,28?,29?,30-/m0/s1. The fourth-order valence-electron chi connectivity index (χ4n) is 6.25. The van der Waals surface area contributed by atoms with Crippen LogP contribution in [0, 0.1) is 11.8 Å². The number of allylic oxidation sites excluding steroid dienone is 3. The molecule has 3 aliphatic heterocycles. The lowest BCUT2D eigenvalue weighted by atomic mass is 9.81. The van der Waals surface area contributed by atoms with E-state index >= 15 is 0 Å². The maximum Gasteiger partial charge on any atom is 0.311 e. The Morgan fingerprint density at radius 2 is 1.78 bits per heavy atom. The summed E-state index contributed by atoms with van der Waals surface area (Å²) in [6, 6.07) is 0. The minimum Gasteiger partial charge on any atom is -0.459 e. The van der Waals surface area contributed by atoms with Gasteiger partial charge in [-0.1, -0.05) is 48.0 Å². The number of rotatable bonds is 8. The van der Waals surface area contributed by atoms with Gasteiger partial charge in [0.15, 0.2) is 12.1 Å². The zero-order chi connectivity index (χ0) is 30.4. The zero-order valence-electron chi connectivity index (χ0n) is 25.1. The maximum absolute atomic E-state index is 13.3. The van der Waals surface area contributed by atoms with Gasteiger partial charge in [0.2, 0.25) is 0 Å². The Kier molecular flexibility index (Phi) is 12.8. The average Bonchev–Trinajstić information content (AvgIpc) is 2.90. The molecule has 10 nitrogen and oxygen atoms in total. The van der Waals surface area contributed by atoms with Gasteiger partial charge in [-0.25, -0.2) is 0 Å². The molecule has 3 rings (SSSR count). The van der Waals surface area contributed by atoms with Crippen molar-refractivity contribution in [2.24, 2.45) is 11.8 Å². The number of carbonyl (C=O) groups excluding carboxylic acids is 1. The first-order chi connectivity index (χ1) is 19.3. The second-order valence-corrected chi connectivity index (χ2v) is 12.7. The van der Waals surface area contributed by atoms with E-state index < -0.39 is 72.8 Å². The summed E-state index contributed by atoms with van der Waals surface area (Å²) in [4.78, 5) is 15.0. The first kappa shape index (κ1) is 34.6. The molecule has 12 atom stereocenters. The van der Waals surface area contributed by atoms with Gasteiger partial charge in [0.1, 0.15) is 23.9 Å². The first-order valence-corrected chi connectivity index (χ1v) is 15.5. The highest BCUT2D eigenvalue weighted by Gasteiger charge is 2.51. The minimum atomic E-state index is -1.83. The maximum atomic E-state index is 13.3. The molecule has 6 unspecified atom stereocenters. The number of aliphatic hydroxyl groups excluding tert-OH is 2. The van der Waals surface area contributed by atoms with Gasteiger partial charge in [-0.15, -0.1) is 0 Å². The third kappa shape index (κ3) is 9.06. The van der Waals surface area contributed by atoms with Gasteiger partial charge in [-0.3, -0.25) is 4.79 Å². The molecule has 0 spiro atoms. The van der Waals surface area contributed by atoms with Crippen molar-refractivity contribution >= 4 is 21.9 Å². The van der Waals surface area contributed by atoms with Gasteiger partial charge in [0.05, 0.1) is 30.8 Å². The second-order valence-electron chi connectivity index (χ2n) is 12.2. The van der Waals surface area contributed by atoms with Crippen LogP contribution in [0.2, 0.25) is 0 Å². The molecule has 3 saturated heterocycles. The van der Waals surface area contributed by atoms with Gasteiger partial charge in [0, 0.05) is 33.0 Å². The number of hydrogen-bond donors (Lipinski definition) is 3. The first-order valence-electron chi connectivity index (χ1n) is 14.6. The number of aliphatic hydroxyl groups is 3. The van der Waals surface area contributed by atoms with E-state index in [-0.39, 0.29) is 18.3 Å². The summed E-state index contributed by atoms with van der Waals surface area (Å²) in [6.45, 7) is 7.57. The molecule has 2 bridgehead atoms. The molecule has 3 aliphatic rings. The third-order valence-corrected chi connectivity index (χ3v) is 9.12. The van der Waals surface area contributed by atoms with E-state index in [0.29, 0.717) is 32.1 Å². The highest BCUT2D eigenvalue weighted by Crippen LogP contribution is 2.41. The summed E-state index contributed by atoms with van der Waals surface area (Å²) in [5.41, 5.74) is -0.927. The molecule has 0 saturated carbocycles. The lowest BCUT2D eigenvalue weighted by Crippen LogP contribution is -2.61. The second kappa shape index (κ2) is 15.2. The van der Waals surface area contributed by atoms with Crippen LogP contribution in [0.1, 0.15) is 72.6 Å². The predicted molar refractivity (Wildman–Crippen MR) is 155 cm³/mol. The molecule has 0 amide bonds. The summed E-state index contributed by atoms with van der Waals surface area (Å²) in [5.74, 6) is -2.74. The number of cyclic esters (lactones) is 1. The lowest BCUT2D eigenvalue weighted by Gasteiger charge is -2.48. The minimum absolute atomic E-state index is 0.0113. The molecule has 0 aliphatic carbocycles. The number of halogens is 1. The van der Waals surface area contributed by atoms with E-state index in [1.165, 1.54) is 14.2 Å². The van der Waals surface area contributed by atoms with Crippen LogP contribution < -0.4 is 0 Å². The van der Waals surface area contributed by atoms with Gasteiger partial charge in [-0.05, 0) is 50.4 Å². The van der Waals surface area contributed by atoms with Crippen LogP contribution in [0.4, 0.5) is 0 Å². The number of fused-ring (bicyclic) bond motifs is 2. The Bertz CT molecular complexity index is 900. The molecule has 0 aromatic carbocycles. The monoisotopic (exact) mass is 648 g/mol. The Hall–Kier alpha value is -0.890. The Morgan fingerprint density at radius 3 is 2.44 bits per heavy atom. The van der Waals surface area contributed by atoms with Gasteiger partial charge in [-0.2, -0.15) is 0 Å². The van der Waals surface area contributed by atoms with Crippen molar-refractivity contribution in [2.45, 2.75) is 133 Å². The number of esters is 1. The van der Waals surface area contributed by atoms with Gasteiger partial charge >= 0.3 is 5.97 Å². The van der Waals surface area contributed by atoms with E-state index in [4.69, 9.17) is 28.4 Å². The van der Waals surface area contributed by atoms with E-state index in [2.05, 4.69) is 15.9 Å². The number of methoxy groups -OCH3 is 2. The Labute approximate surface area is 252 Å². The van der Waals surface area contributed by atoms with Crippen molar-refractivity contribution < 1.29 is 48.5 Å². The number of ether oxygens (including phenoxy) is 6. The molecule has 3 fully saturated rings. The molecular weight excluding hydrogens is 600 g/mol. The molecule has 11 heteroatoms. The summed E-state index contributed by atoms with van der Waals surface area (Å²) in [5, 5.41) is 33.7. The highest BCUT2D eigenvalue weighted by atomic mass is 79.9. The Morgan fingerprint density at radius 1 is 1.07 bits per heavy atom. The normalized spacial score (nSPS) is 44.9. The smallest absolute Gasteiger partial charge is 0.311 e. The third-order valence-electron chi connectivity index (χ3n) is 8.81. The SMILES string of the molecule is COC1[C@H](C)OC(OC2C[C@@]3(O)CC(=O)OC(C)(CC/C=C/C=C/Br)CC(O)C(C)CC[C@H](O3)[C@@H]2C)[C@H](O)[C@@H]1OC. The van der Waals surface area contributed by atoms with Crippen LogP contribution in [-0.2, 0) is 33.2 Å². The van der Waals surface area contributed by atoms with Crippen LogP contribution in [0.25, 0.3) is 0 Å². The molecule has 3 N–H and O–H groups in total. The fraction of sp³-hybridized carbons (Fsp3) is 0.833. The summed E-state index contributed by atoms with van der Waals surface area (Å²) in [6.07, 6.45) is 2.49. The Balaban J connectivity index is 1.81. The van der Waals surface area contributed by atoms with E-state index in [9.17, 15) is 20.1 Å². The van der Waals surface area contributed by atoms with E-state index in [1.54, 1.807) is 4.99 Å². The van der Waals surface area contributed by atoms with E-state index in [1.807, 2.05) is 45.9 Å². The van der Waals surface area contributed by atoms with Gasteiger partial charge in [0.25, 0.3) is 0 Å². The zero-order valence-corrected chi connectivity index (χ0v) is 26.7. The van der Waals surface area contributed by atoms with Crippen molar-refractivity contribution in [2.75, 3.05) is 14.2 Å². The largest absolute Gasteiger partial charge is 0.459 e. The molecule has 0 aromatic heterocycles. The number of carbonyl (C=O) groups is 1. The quantitative estimate of drug-likeness (QED) is 0.264. The molecule has 0 aromatic rings. The van der Waals surface area contributed by atoms with Crippen molar-refractivity contribution in [3.63, 3.8) is 0 Å². The lowest BCUT2D eigenvalue weighted by molar-refractivity contribution is -0.346. The molecule has 0 radical (unpaired) electrons. The van der Waals surface area contributed by atoms with Crippen LogP contribution in [0.5, 0.6) is 0 Å². The summed E-state index contributed by atoms with van der Waals surface area (Å²) < 4.78 is 35.4.